The van der Waals surface area contributed by atoms with Crippen molar-refractivity contribution in [1.29, 1.82) is 0 Å². The van der Waals surface area contributed by atoms with E-state index in [2.05, 4.69) is 22.1 Å². The number of sulfonamides is 1. The molecule has 6 nitrogen and oxygen atoms in total. The minimum absolute atomic E-state index is 0.133. The predicted molar refractivity (Wildman–Crippen MR) is 88.0 cm³/mol. The molecule has 0 radical (unpaired) electrons. The van der Waals surface area contributed by atoms with Crippen LogP contribution >= 0.6 is 0 Å². The van der Waals surface area contributed by atoms with Crippen LogP contribution in [0.1, 0.15) is 25.3 Å². The summed E-state index contributed by atoms with van der Waals surface area (Å²) in [5.41, 5.74) is 0.859. The van der Waals surface area contributed by atoms with E-state index in [-0.39, 0.29) is 4.90 Å². The summed E-state index contributed by atoms with van der Waals surface area (Å²) in [6.07, 6.45) is 2.34. The second-order valence-corrected chi connectivity index (χ2v) is 7.32. The van der Waals surface area contributed by atoms with E-state index in [4.69, 9.17) is 5.14 Å². The van der Waals surface area contributed by atoms with E-state index < -0.39 is 10.0 Å². The third-order valence-corrected chi connectivity index (χ3v) is 4.88. The van der Waals surface area contributed by atoms with Crippen molar-refractivity contribution < 1.29 is 8.42 Å². The van der Waals surface area contributed by atoms with Crippen molar-refractivity contribution in [3.63, 3.8) is 0 Å². The average molecular weight is 324 g/mol. The van der Waals surface area contributed by atoms with Crippen molar-refractivity contribution in [3.05, 3.63) is 29.8 Å². The molecule has 3 N–H and O–H groups in total. The largest absolute Gasteiger partial charge is 0.352 e. The van der Waals surface area contributed by atoms with Gasteiger partial charge in [0.15, 0.2) is 5.96 Å². The van der Waals surface area contributed by atoms with Crippen LogP contribution in [0, 0.1) is 5.92 Å². The van der Waals surface area contributed by atoms with Crippen LogP contribution < -0.4 is 10.5 Å². The van der Waals surface area contributed by atoms with Gasteiger partial charge in [-0.15, -0.1) is 0 Å². The number of nitrogens with one attached hydrogen (secondary N) is 1. The highest BCUT2D eigenvalue weighted by Gasteiger charge is 2.18. The van der Waals surface area contributed by atoms with E-state index in [9.17, 15) is 8.42 Å². The molecule has 1 heterocycles. The molecule has 0 aliphatic carbocycles. The first-order valence-corrected chi connectivity index (χ1v) is 9.02. The van der Waals surface area contributed by atoms with E-state index in [0.29, 0.717) is 6.54 Å². The number of guanidine groups is 1. The molecule has 122 valence electrons. The molecule has 1 fully saturated rings. The standard InChI is InChI=1S/C15H24N4O2S/c1-12-6-8-19(9-7-12)15(17-2)18-11-13-4-3-5-14(10-13)22(16,20)21/h3-5,10,12H,6-9,11H2,1-2H3,(H,17,18)(H2,16,20,21). The van der Waals surface area contributed by atoms with Gasteiger partial charge < -0.3 is 10.2 Å². The Morgan fingerprint density at radius 1 is 1.41 bits per heavy atom. The first-order chi connectivity index (χ1) is 10.4. The van der Waals surface area contributed by atoms with Crippen LogP contribution in [0.5, 0.6) is 0 Å². The molecule has 2 rings (SSSR count). The summed E-state index contributed by atoms with van der Waals surface area (Å²) < 4.78 is 22.8. The van der Waals surface area contributed by atoms with Crippen LogP contribution in [-0.2, 0) is 16.6 Å². The maximum absolute atomic E-state index is 11.4. The molecule has 0 amide bonds. The van der Waals surface area contributed by atoms with Gasteiger partial charge in [0, 0.05) is 26.7 Å². The van der Waals surface area contributed by atoms with Crippen LogP contribution in [-0.4, -0.2) is 39.4 Å². The van der Waals surface area contributed by atoms with Gasteiger partial charge in [-0.05, 0) is 36.5 Å². The Morgan fingerprint density at radius 2 is 2.09 bits per heavy atom. The molecule has 22 heavy (non-hydrogen) atoms. The van der Waals surface area contributed by atoms with E-state index in [1.54, 1.807) is 19.2 Å². The molecule has 1 aliphatic heterocycles. The zero-order valence-corrected chi connectivity index (χ0v) is 13.9. The lowest BCUT2D eigenvalue weighted by atomic mass is 10.00. The Balaban J connectivity index is 1.99. The molecular formula is C15H24N4O2S. The van der Waals surface area contributed by atoms with Crippen LogP contribution in [0.25, 0.3) is 0 Å². The number of benzene rings is 1. The summed E-state index contributed by atoms with van der Waals surface area (Å²) in [7, 11) is -1.90. The molecule has 0 atom stereocenters. The highest BCUT2D eigenvalue weighted by atomic mass is 32.2. The second-order valence-electron chi connectivity index (χ2n) is 5.76. The lowest BCUT2D eigenvalue weighted by Crippen LogP contribution is -2.45. The average Bonchev–Trinajstić information content (AvgIpc) is 2.49. The lowest BCUT2D eigenvalue weighted by molar-refractivity contribution is 0.273. The molecular weight excluding hydrogens is 300 g/mol. The molecule has 1 aromatic carbocycles. The highest BCUT2D eigenvalue weighted by molar-refractivity contribution is 7.89. The molecule has 1 aliphatic rings. The Bertz CT molecular complexity index is 635. The van der Waals surface area contributed by atoms with Crippen LogP contribution in [0.15, 0.2) is 34.2 Å². The SMILES string of the molecule is CN=C(NCc1cccc(S(N)(=O)=O)c1)N1CCC(C)CC1. The van der Waals surface area contributed by atoms with E-state index in [0.717, 1.165) is 30.5 Å². The van der Waals surface area contributed by atoms with Crippen molar-refractivity contribution in [2.24, 2.45) is 16.0 Å². The third-order valence-electron chi connectivity index (χ3n) is 3.97. The second kappa shape index (κ2) is 7.11. The summed E-state index contributed by atoms with van der Waals surface area (Å²) in [6, 6.07) is 6.66. The summed E-state index contributed by atoms with van der Waals surface area (Å²) in [5, 5.41) is 8.45. The van der Waals surface area contributed by atoms with Crippen LogP contribution in [0.2, 0.25) is 0 Å². The normalized spacial score (nSPS) is 17.6. The van der Waals surface area contributed by atoms with Gasteiger partial charge in [-0.25, -0.2) is 13.6 Å². The van der Waals surface area contributed by atoms with Gasteiger partial charge in [0.05, 0.1) is 4.90 Å². The Labute approximate surface area is 132 Å². The van der Waals surface area contributed by atoms with E-state index in [1.165, 1.54) is 18.9 Å². The summed E-state index contributed by atoms with van der Waals surface area (Å²) in [5.74, 6) is 1.62. The first kappa shape index (κ1) is 16.8. The van der Waals surface area contributed by atoms with Gasteiger partial charge in [-0.3, -0.25) is 4.99 Å². The molecule has 1 aromatic rings. The number of nitrogens with two attached hydrogens (primary N) is 1. The van der Waals surface area contributed by atoms with Crippen molar-refractivity contribution in [2.45, 2.75) is 31.2 Å². The van der Waals surface area contributed by atoms with Crippen molar-refractivity contribution >= 4 is 16.0 Å². The third kappa shape index (κ3) is 4.45. The number of nitrogens with zero attached hydrogens (tertiary/aromatic N) is 2. The topological polar surface area (TPSA) is 87.8 Å². The molecule has 0 unspecified atom stereocenters. The number of primary sulfonamides is 1. The van der Waals surface area contributed by atoms with Gasteiger partial charge in [0.1, 0.15) is 0 Å². The number of rotatable bonds is 3. The number of aliphatic imine (C=N–C) groups is 1. The Morgan fingerprint density at radius 3 is 2.68 bits per heavy atom. The molecule has 0 spiro atoms. The maximum atomic E-state index is 11.4. The minimum atomic E-state index is -3.66. The maximum Gasteiger partial charge on any atom is 0.238 e. The number of likely N-dealkylation sites (tertiary alicyclic amines) is 1. The Hall–Kier alpha value is -1.60. The van der Waals surface area contributed by atoms with Crippen molar-refractivity contribution in [3.8, 4) is 0 Å². The number of hydrogen-bond acceptors (Lipinski definition) is 3. The first-order valence-electron chi connectivity index (χ1n) is 7.47. The van der Waals surface area contributed by atoms with Gasteiger partial charge in [0.25, 0.3) is 0 Å². The summed E-state index contributed by atoms with van der Waals surface area (Å²) in [6.45, 7) is 4.78. The Kier molecular flexibility index (Phi) is 5.42. The van der Waals surface area contributed by atoms with Gasteiger partial charge in [-0.1, -0.05) is 19.1 Å². The highest BCUT2D eigenvalue weighted by Crippen LogP contribution is 2.16. The zero-order chi connectivity index (χ0) is 16.2. The fourth-order valence-electron chi connectivity index (χ4n) is 2.57. The number of piperidine rings is 1. The summed E-state index contributed by atoms with van der Waals surface area (Å²) >= 11 is 0. The zero-order valence-electron chi connectivity index (χ0n) is 13.1. The lowest BCUT2D eigenvalue weighted by Gasteiger charge is -2.32. The fraction of sp³-hybridized carbons (Fsp3) is 0.533. The molecule has 1 saturated heterocycles. The molecule has 0 bridgehead atoms. The van der Waals surface area contributed by atoms with Gasteiger partial charge in [0.2, 0.25) is 10.0 Å². The van der Waals surface area contributed by atoms with Crippen LogP contribution in [0.3, 0.4) is 0 Å². The smallest absolute Gasteiger partial charge is 0.238 e. The quantitative estimate of drug-likeness (QED) is 0.645. The van der Waals surface area contributed by atoms with Crippen LogP contribution in [0.4, 0.5) is 0 Å². The van der Waals surface area contributed by atoms with Gasteiger partial charge in [-0.2, -0.15) is 0 Å². The predicted octanol–water partition coefficient (Wildman–Crippen LogP) is 1.14. The monoisotopic (exact) mass is 324 g/mol. The molecule has 0 saturated carbocycles. The minimum Gasteiger partial charge on any atom is -0.352 e. The molecule has 0 aromatic heterocycles. The van der Waals surface area contributed by atoms with Gasteiger partial charge >= 0.3 is 0 Å². The summed E-state index contributed by atoms with van der Waals surface area (Å²) in [4.78, 5) is 6.68. The fourth-order valence-corrected chi connectivity index (χ4v) is 3.15. The van der Waals surface area contributed by atoms with Crippen molar-refractivity contribution in [1.82, 2.24) is 10.2 Å². The van der Waals surface area contributed by atoms with E-state index >= 15 is 0 Å². The molecule has 7 heteroatoms. The number of hydrogen-bond donors (Lipinski definition) is 2. The van der Waals surface area contributed by atoms with E-state index in [1.807, 2.05) is 6.07 Å². The van der Waals surface area contributed by atoms with Crippen molar-refractivity contribution in [2.75, 3.05) is 20.1 Å².